The Hall–Kier alpha value is -1.85. The second-order valence-electron chi connectivity index (χ2n) is 8.11. The van der Waals surface area contributed by atoms with E-state index < -0.39 is 0 Å². The summed E-state index contributed by atoms with van der Waals surface area (Å²) >= 11 is 0. The van der Waals surface area contributed by atoms with Crippen LogP contribution in [0.15, 0.2) is 6.07 Å². The van der Waals surface area contributed by atoms with Gasteiger partial charge >= 0.3 is 0 Å². The number of aryl methyl sites for hydroxylation is 1. The van der Waals surface area contributed by atoms with E-state index in [2.05, 4.69) is 52.0 Å². The molecule has 1 N–H and O–H groups in total. The summed E-state index contributed by atoms with van der Waals surface area (Å²) in [5.74, 6) is 0.836. The third kappa shape index (κ3) is 6.88. The normalized spacial score (nSPS) is 11.7. The number of amides is 2. The van der Waals surface area contributed by atoms with Gasteiger partial charge < -0.3 is 10.2 Å². The summed E-state index contributed by atoms with van der Waals surface area (Å²) in [6, 6.07) is 1.89. The Labute approximate surface area is 152 Å². The van der Waals surface area contributed by atoms with E-state index in [4.69, 9.17) is 0 Å². The second-order valence-corrected chi connectivity index (χ2v) is 8.11. The van der Waals surface area contributed by atoms with Crippen LogP contribution in [0.3, 0.4) is 0 Å². The molecule has 0 saturated heterocycles. The van der Waals surface area contributed by atoms with Gasteiger partial charge in [-0.15, -0.1) is 0 Å². The standard InChI is InChI=1S/C19H34N4O2/c1-8-9-10-18(25)23(12-14(2)3)13-17(24)20-16-11-15(19(4,5)6)21-22(16)7/h11,14H,8-10,12-13H2,1-7H3,(H,20,24). The smallest absolute Gasteiger partial charge is 0.245 e. The van der Waals surface area contributed by atoms with Crippen LogP contribution in [0.4, 0.5) is 5.82 Å². The summed E-state index contributed by atoms with van der Waals surface area (Å²) in [4.78, 5) is 26.5. The van der Waals surface area contributed by atoms with Crippen LogP contribution in [0.2, 0.25) is 0 Å². The Balaban J connectivity index is 2.77. The molecule has 0 aliphatic heterocycles. The van der Waals surface area contributed by atoms with Gasteiger partial charge in [-0.05, 0) is 12.3 Å². The van der Waals surface area contributed by atoms with Crippen molar-refractivity contribution in [3.05, 3.63) is 11.8 Å². The monoisotopic (exact) mass is 350 g/mol. The highest BCUT2D eigenvalue weighted by Crippen LogP contribution is 2.23. The van der Waals surface area contributed by atoms with Crippen LogP contribution in [0, 0.1) is 5.92 Å². The number of unbranched alkanes of at least 4 members (excludes halogenated alkanes) is 1. The first kappa shape index (κ1) is 21.2. The number of nitrogens with zero attached hydrogens (tertiary/aromatic N) is 3. The van der Waals surface area contributed by atoms with Gasteiger partial charge in [0, 0.05) is 31.5 Å². The quantitative estimate of drug-likeness (QED) is 0.782. The summed E-state index contributed by atoms with van der Waals surface area (Å²) in [5.41, 5.74) is 0.837. The zero-order valence-electron chi connectivity index (χ0n) is 16.8. The summed E-state index contributed by atoms with van der Waals surface area (Å²) < 4.78 is 1.67. The molecule has 1 aromatic rings. The molecule has 6 heteroatoms. The van der Waals surface area contributed by atoms with Crippen LogP contribution in [0.5, 0.6) is 0 Å². The molecule has 2 amide bonds. The van der Waals surface area contributed by atoms with E-state index >= 15 is 0 Å². The fraction of sp³-hybridized carbons (Fsp3) is 0.737. The topological polar surface area (TPSA) is 67.2 Å². The van der Waals surface area contributed by atoms with E-state index in [1.54, 1.807) is 9.58 Å². The van der Waals surface area contributed by atoms with Gasteiger partial charge in [0.05, 0.1) is 12.2 Å². The van der Waals surface area contributed by atoms with Gasteiger partial charge in [0.15, 0.2) is 0 Å². The lowest BCUT2D eigenvalue weighted by atomic mass is 9.92. The molecule has 142 valence electrons. The van der Waals surface area contributed by atoms with E-state index in [0.717, 1.165) is 18.5 Å². The van der Waals surface area contributed by atoms with Crippen molar-refractivity contribution < 1.29 is 9.59 Å². The minimum Gasteiger partial charge on any atom is -0.333 e. The molecule has 0 unspecified atom stereocenters. The average Bonchev–Trinajstić information content (AvgIpc) is 2.84. The van der Waals surface area contributed by atoms with Crippen molar-refractivity contribution in [2.24, 2.45) is 13.0 Å². The number of nitrogens with one attached hydrogen (secondary N) is 1. The molecule has 1 aromatic heterocycles. The minimum absolute atomic E-state index is 0.0473. The number of hydrogen-bond acceptors (Lipinski definition) is 3. The SMILES string of the molecule is CCCCC(=O)N(CC(=O)Nc1cc(C(C)(C)C)nn1C)CC(C)C. The van der Waals surface area contributed by atoms with Gasteiger partial charge in [-0.3, -0.25) is 14.3 Å². The lowest BCUT2D eigenvalue weighted by Gasteiger charge is -2.24. The lowest BCUT2D eigenvalue weighted by Crippen LogP contribution is -2.40. The van der Waals surface area contributed by atoms with Gasteiger partial charge in [0.25, 0.3) is 0 Å². The first-order valence-corrected chi connectivity index (χ1v) is 9.16. The largest absolute Gasteiger partial charge is 0.333 e. The highest BCUT2D eigenvalue weighted by Gasteiger charge is 2.21. The molecule has 0 aliphatic rings. The fourth-order valence-electron chi connectivity index (χ4n) is 2.49. The number of rotatable bonds is 8. The molecule has 0 fully saturated rings. The van der Waals surface area contributed by atoms with E-state index in [1.807, 2.05) is 13.1 Å². The summed E-state index contributed by atoms with van der Waals surface area (Å²) in [6.45, 7) is 13.1. The van der Waals surface area contributed by atoms with Gasteiger partial charge in [0.2, 0.25) is 11.8 Å². The van der Waals surface area contributed by atoms with Crippen molar-refractivity contribution in [2.45, 2.75) is 66.2 Å². The van der Waals surface area contributed by atoms with Crippen LogP contribution in [0.25, 0.3) is 0 Å². The van der Waals surface area contributed by atoms with Gasteiger partial charge in [-0.25, -0.2) is 0 Å². The third-order valence-electron chi connectivity index (χ3n) is 3.93. The maximum atomic E-state index is 12.4. The highest BCUT2D eigenvalue weighted by molar-refractivity contribution is 5.94. The molecule has 0 saturated carbocycles. The Kier molecular flexibility index (Phi) is 7.64. The van der Waals surface area contributed by atoms with Gasteiger partial charge in [-0.2, -0.15) is 5.10 Å². The molecular weight excluding hydrogens is 316 g/mol. The molecule has 0 atom stereocenters. The van der Waals surface area contributed by atoms with Crippen molar-refractivity contribution in [2.75, 3.05) is 18.4 Å². The molecule has 6 nitrogen and oxygen atoms in total. The van der Waals surface area contributed by atoms with Crippen molar-refractivity contribution in [3.8, 4) is 0 Å². The van der Waals surface area contributed by atoms with E-state index in [0.29, 0.717) is 24.7 Å². The fourth-order valence-corrected chi connectivity index (χ4v) is 2.49. The van der Waals surface area contributed by atoms with Crippen LogP contribution >= 0.6 is 0 Å². The predicted octanol–water partition coefficient (Wildman–Crippen LogP) is 3.33. The van der Waals surface area contributed by atoms with E-state index in [1.165, 1.54) is 0 Å². The zero-order chi connectivity index (χ0) is 19.2. The van der Waals surface area contributed by atoms with Gasteiger partial charge in [0.1, 0.15) is 5.82 Å². The maximum absolute atomic E-state index is 12.4. The van der Waals surface area contributed by atoms with Crippen LogP contribution in [-0.4, -0.2) is 39.6 Å². The minimum atomic E-state index is -0.186. The molecule has 25 heavy (non-hydrogen) atoms. The molecule has 0 aliphatic carbocycles. The number of carbonyl (C=O) groups is 2. The molecule has 0 aromatic carbocycles. The second kappa shape index (κ2) is 9.02. The summed E-state index contributed by atoms with van der Waals surface area (Å²) in [7, 11) is 1.81. The molecule has 1 rings (SSSR count). The van der Waals surface area contributed by atoms with Crippen molar-refractivity contribution in [1.29, 1.82) is 0 Å². The van der Waals surface area contributed by atoms with Crippen molar-refractivity contribution in [1.82, 2.24) is 14.7 Å². The first-order valence-electron chi connectivity index (χ1n) is 9.16. The summed E-state index contributed by atoms with van der Waals surface area (Å²) in [6.07, 6.45) is 2.32. The number of carbonyl (C=O) groups excluding carboxylic acids is 2. The number of aromatic nitrogens is 2. The van der Waals surface area contributed by atoms with Crippen molar-refractivity contribution >= 4 is 17.6 Å². The zero-order valence-corrected chi connectivity index (χ0v) is 16.8. The molecule has 1 heterocycles. The number of hydrogen-bond donors (Lipinski definition) is 1. The molecule has 0 spiro atoms. The van der Waals surface area contributed by atoms with E-state index in [-0.39, 0.29) is 23.8 Å². The number of anilines is 1. The highest BCUT2D eigenvalue weighted by atomic mass is 16.2. The summed E-state index contributed by atoms with van der Waals surface area (Å²) in [5, 5.41) is 7.34. The lowest BCUT2D eigenvalue weighted by molar-refractivity contribution is -0.135. The van der Waals surface area contributed by atoms with Crippen LogP contribution < -0.4 is 5.32 Å². The molecular formula is C19H34N4O2. The Bertz CT molecular complexity index is 585. The van der Waals surface area contributed by atoms with Crippen molar-refractivity contribution in [3.63, 3.8) is 0 Å². The maximum Gasteiger partial charge on any atom is 0.245 e. The van der Waals surface area contributed by atoms with Crippen LogP contribution in [0.1, 0.15) is 66.5 Å². The Morgan fingerprint density at radius 3 is 2.44 bits per heavy atom. The molecule has 0 bridgehead atoms. The molecule has 0 radical (unpaired) electrons. The van der Waals surface area contributed by atoms with Crippen LogP contribution in [-0.2, 0) is 22.1 Å². The first-order chi connectivity index (χ1) is 11.5. The Morgan fingerprint density at radius 1 is 1.32 bits per heavy atom. The predicted molar refractivity (Wildman–Crippen MR) is 101 cm³/mol. The third-order valence-corrected chi connectivity index (χ3v) is 3.93. The van der Waals surface area contributed by atoms with E-state index in [9.17, 15) is 9.59 Å². The average molecular weight is 351 g/mol. The van der Waals surface area contributed by atoms with Gasteiger partial charge in [-0.1, -0.05) is 48.0 Å². The Morgan fingerprint density at radius 2 is 1.96 bits per heavy atom.